The number of anilines is 1. The van der Waals surface area contributed by atoms with Crippen LogP contribution in [0.15, 0.2) is 6.33 Å². The molecular weight excluding hydrogens is 248 g/mol. The largest absolute Gasteiger partial charge is 0.476 e. The fourth-order valence-corrected chi connectivity index (χ4v) is 2.47. The summed E-state index contributed by atoms with van der Waals surface area (Å²) >= 11 is 0. The van der Waals surface area contributed by atoms with Gasteiger partial charge in [-0.3, -0.25) is 10.1 Å². The molecule has 0 aliphatic heterocycles. The highest BCUT2D eigenvalue weighted by Crippen LogP contribution is 2.46. The van der Waals surface area contributed by atoms with Crippen LogP contribution in [0.25, 0.3) is 0 Å². The van der Waals surface area contributed by atoms with E-state index in [0.717, 1.165) is 0 Å². The molecule has 19 heavy (non-hydrogen) atoms. The molecule has 7 nitrogen and oxygen atoms in total. The van der Waals surface area contributed by atoms with E-state index in [1.807, 2.05) is 0 Å². The lowest BCUT2D eigenvalue weighted by Crippen LogP contribution is -2.25. The summed E-state index contributed by atoms with van der Waals surface area (Å²) < 4.78 is 4.95. The van der Waals surface area contributed by atoms with Gasteiger partial charge in [-0.2, -0.15) is 4.98 Å². The summed E-state index contributed by atoms with van der Waals surface area (Å²) in [4.78, 5) is 18.5. The maximum absolute atomic E-state index is 11.2. The van der Waals surface area contributed by atoms with Crippen LogP contribution in [-0.2, 0) is 0 Å². The molecule has 102 valence electrons. The predicted molar refractivity (Wildman–Crippen MR) is 68.1 cm³/mol. The quantitative estimate of drug-likeness (QED) is 0.624. The Labute approximate surface area is 110 Å². The highest BCUT2D eigenvalue weighted by molar-refractivity contribution is 5.61. The lowest BCUT2D eigenvalue weighted by atomic mass is 10.1. The number of methoxy groups -OCH3 is 1. The number of nitrogens with zero attached hydrogens (tertiary/aromatic N) is 3. The van der Waals surface area contributed by atoms with Crippen molar-refractivity contribution in [3.63, 3.8) is 0 Å². The zero-order valence-corrected chi connectivity index (χ0v) is 10.7. The summed E-state index contributed by atoms with van der Waals surface area (Å²) in [6.45, 7) is 0. The number of aromatic nitrogens is 2. The Morgan fingerprint density at radius 3 is 2.47 bits per heavy atom. The van der Waals surface area contributed by atoms with Crippen LogP contribution < -0.4 is 10.1 Å². The van der Waals surface area contributed by atoms with Gasteiger partial charge in [-0.15, -0.1) is 0 Å². The molecule has 1 heterocycles. The van der Waals surface area contributed by atoms with Crippen LogP contribution in [-0.4, -0.2) is 28.0 Å². The Hall–Kier alpha value is -1.92. The summed E-state index contributed by atoms with van der Waals surface area (Å²) in [5, 5.41) is 14.4. The van der Waals surface area contributed by atoms with Crippen LogP contribution in [0.2, 0.25) is 0 Å². The Morgan fingerprint density at radius 2 is 2.00 bits per heavy atom. The van der Waals surface area contributed by atoms with E-state index in [1.54, 1.807) is 0 Å². The van der Waals surface area contributed by atoms with Crippen molar-refractivity contribution in [3.05, 3.63) is 16.4 Å². The molecule has 1 aromatic rings. The third kappa shape index (κ3) is 2.45. The molecule has 0 aromatic carbocycles. The zero-order chi connectivity index (χ0) is 13.4. The first kappa shape index (κ1) is 12.1. The molecule has 1 aromatic heterocycles. The van der Waals surface area contributed by atoms with Gasteiger partial charge in [0.15, 0.2) is 0 Å². The molecule has 0 saturated heterocycles. The first-order chi connectivity index (χ1) is 9.20. The maximum atomic E-state index is 11.2. The van der Waals surface area contributed by atoms with Crippen LogP contribution in [0.5, 0.6) is 5.88 Å². The Morgan fingerprint density at radius 1 is 1.37 bits per heavy atom. The molecule has 7 heteroatoms. The Bertz CT molecular complexity index is 488. The summed E-state index contributed by atoms with van der Waals surface area (Å²) in [6, 6.07) is 0.304. The van der Waals surface area contributed by atoms with Crippen molar-refractivity contribution < 1.29 is 9.66 Å². The molecule has 0 bridgehead atoms. The number of hydrogen-bond donors (Lipinski definition) is 1. The van der Waals surface area contributed by atoms with E-state index in [-0.39, 0.29) is 17.4 Å². The smallest absolute Gasteiger partial charge is 0.372 e. The molecule has 0 unspecified atom stereocenters. The van der Waals surface area contributed by atoms with Gasteiger partial charge in [-0.1, -0.05) is 0 Å². The summed E-state index contributed by atoms with van der Waals surface area (Å²) in [6.07, 6.45) is 6.09. The van der Waals surface area contributed by atoms with E-state index < -0.39 is 4.92 Å². The molecule has 3 rings (SSSR count). The van der Waals surface area contributed by atoms with Crippen LogP contribution in [0.4, 0.5) is 11.5 Å². The first-order valence-corrected chi connectivity index (χ1v) is 6.50. The fourth-order valence-electron chi connectivity index (χ4n) is 2.47. The van der Waals surface area contributed by atoms with Crippen LogP contribution in [0, 0.1) is 22.0 Å². The third-order valence-electron chi connectivity index (χ3n) is 3.73. The molecule has 0 spiro atoms. The van der Waals surface area contributed by atoms with E-state index in [2.05, 4.69) is 15.3 Å². The second-order valence-electron chi connectivity index (χ2n) is 5.18. The molecule has 2 aliphatic rings. The van der Waals surface area contributed by atoms with Crippen molar-refractivity contribution in [1.29, 1.82) is 0 Å². The summed E-state index contributed by atoms with van der Waals surface area (Å²) in [5.74, 6) is 1.55. The summed E-state index contributed by atoms with van der Waals surface area (Å²) in [7, 11) is 1.37. The fraction of sp³-hybridized carbons (Fsp3) is 0.667. The van der Waals surface area contributed by atoms with Gasteiger partial charge in [-0.25, -0.2) is 4.98 Å². The SMILES string of the molecule is COc1ncnc(NC(C2CC2)C2CC2)c1[N+](=O)[O-]. The number of ether oxygens (including phenoxy) is 1. The average Bonchev–Trinajstić information content (AvgIpc) is 3.28. The molecule has 1 N–H and O–H groups in total. The molecule has 2 fully saturated rings. The molecule has 0 amide bonds. The predicted octanol–water partition coefficient (Wildman–Crippen LogP) is 1.99. The van der Waals surface area contributed by atoms with Gasteiger partial charge in [0.1, 0.15) is 6.33 Å². The second-order valence-corrected chi connectivity index (χ2v) is 5.18. The van der Waals surface area contributed by atoms with Crippen molar-refractivity contribution in [3.8, 4) is 5.88 Å². The van der Waals surface area contributed by atoms with E-state index in [1.165, 1.54) is 39.1 Å². The van der Waals surface area contributed by atoms with E-state index >= 15 is 0 Å². The van der Waals surface area contributed by atoms with Gasteiger partial charge < -0.3 is 10.1 Å². The summed E-state index contributed by atoms with van der Waals surface area (Å²) in [5.41, 5.74) is -0.170. The van der Waals surface area contributed by atoms with Gasteiger partial charge in [0.2, 0.25) is 5.82 Å². The van der Waals surface area contributed by atoms with E-state index in [0.29, 0.717) is 17.9 Å². The van der Waals surface area contributed by atoms with E-state index in [9.17, 15) is 10.1 Å². The minimum Gasteiger partial charge on any atom is -0.476 e. The molecule has 0 radical (unpaired) electrons. The van der Waals surface area contributed by atoms with Gasteiger partial charge in [-0.05, 0) is 37.5 Å². The van der Waals surface area contributed by atoms with Crippen molar-refractivity contribution in [2.75, 3.05) is 12.4 Å². The second kappa shape index (κ2) is 4.64. The van der Waals surface area contributed by atoms with Gasteiger partial charge in [0.05, 0.1) is 12.0 Å². The number of hydrogen-bond acceptors (Lipinski definition) is 6. The topological polar surface area (TPSA) is 90.2 Å². The van der Waals surface area contributed by atoms with Crippen molar-refractivity contribution in [2.24, 2.45) is 11.8 Å². The van der Waals surface area contributed by atoms with Gasteiger partial charge in [0, 0.05) is 6.04 Å². The average molecular weight is 264 g/mol. The van der Waals surface area contributed by atoms with Crippen molar-refractivity contribution >= 4 is 11.5 Å². The molecule has 0 atom stereocenters. The normalized spacial score (nSPS) is 18.4. The van der Waals surface area contributed by atoms with E-state index in [4.69, 9.17) is 4.74 Å². The number of nitro groups is 1. The first-order valence-electron chi connectivity index (χ1n) is 6.50. The Kier molecular flexibility index (Phi) is 2.96. The third-order valence-corrected chi connectivity index (χ3v) is 3.73. The van der Waals surface area contributed by atoms with Gasteiger partial charge >= 0.3 is 5.69 Å². The Balaban J connectivity index is 1.88. The van der Waals surface area contributed by atoms with Gasteiger partial charge in [0.25, 0.3) is 5.88 Å². The maximum Gasteiger partial charge on any atom is 0.372 e. The monoisotopic (exact) mass is 264 g/mol. The highest BCUT2D eigenvalue weighted by atomic mass is 16.6. The minimum absolute atomic E-state index is 0.00726. The highest BCUT2D eigenvalue weighted by Gasteiger charge is 2.42. The van der Waals surface area contributed by atoms with Crippen LogP contribution in [0.1, 0.15) is 25.7 Å². The van der Waals surface area contributed by atoms with Crippen LogP contribution in [0.3, 0.4) is 0 Å². The standard InChI is InChI=1S/C12H16N4O3/c1-19-12-10(16(17)18)11(13-6-14-12)15-9(7-2-3-7)8-4-5-8/h6-9H,2-5H2,1H3,(H,13,14,15). The number of nitrogens with one attached hydrogen (secondary N) is 1. The van der Waals surface area contributed by atoms with Crippen molar-refractivity contribution in [1.82, 2.24) is 9.97 Å². The minimum atomic E-state index is -0.488. The van der Waals surface area contributed by atoms with Crippen molar-refractivity contribution in [2.45, 2.75) is 31.7 Å². The zero-order valence-electron chi connectivity index (χ0n) is 10.7. The lowest BCUT2D eigenvalue weighted by molar-refractivity contribution is -0.385. The molecule has 2 aliphatic carbocycles. The molecular formula is C12H16N4O3. The lowest BCUT2D eigenvalue weighted by Gasteiger charge is -2.18. The molecule has 2 saturated carbocycles. The van der Waals surface area contributed by atoms with Crippen LogP contribution >= 0.6 is 0 Å². The number of rotatable bonds is 6.